The Balaban J connectivity index is 1.11. The first kappa shape index (κ1) is 42.2. The largest absolute Gasteiger partial charge is 0.489 e. The van der Waals surface area contributed by atoms with Gasteiger partial charge in [0.2, 0.25) is 11.8 Å². The molecule has 13 heteroatoms. The van der Waals surface area contributed by atoms with E-state index in [1.54, 1.807) is 83.8 Å². The molecule has 308 valence electrons. The quantitative estimate of drug-likeness (QED) is 0.0561. The number of nitrogens with zero attached hydrogens (tertiary/aromatic N) is 1. The molecule has 61 heavy (non-hydrogen) atoms. The van der Waals surface area contributed by atoms with Crippen molar-refractivity contribution in [1.82, 2.24) is 10.2 Å². The van der Waals surface area contributed by atoms with Crippen molar-refractivity contribution in [3.05, 3.63) is 183 Å². The van der Waals surface area contributed by atoms with Crippen molar-refractivity contribution in [2.24, 2.45) is 0 Å². The summed E-state index contributed by atoms with van der Waals surface area (Å²) in [5.41, 5.74) is 4.31. The highest BCUT2D eigenvalue weighted by Crippen LogP contribution is 2.41. The number of methoxy groups -OCH3 is 1. The van der Waals surface area contributed by atoms with Crippen molar-refractivity contribution in [3.8, 4) is 5.75 Å². The summed E-state index contributed by atoms with van der Waals surface area (Å²) in [6.07, 6.45) is 2.05. The van der Waals surface area contributed by atoms with Gasteiger partial charge in [0.1, 0.15) is 28.3 Å². The molecule has 3 N–H and O–H groups in total. The summed E-state index contributed by atoms with van der Waals surface area (Å²) in [6.45, 7) is 2.71. The Bertz CT molecular complexity index is 2560. The lowest BCUT2D eigenvalue weighted by Crippen LogP contribution is -2.33. The molecule has 11 nitrogen and oxygen atoms in total. The van der Waals surface area contributed by atoms with Crippen LogP contribution in [0.5, 0.6) is 5.75 Å². The van der Waals surface area contributed by atoms with Gasteiger partial charge in [0.15, 0.2) is 0 Å². The second-order valence-corrected chi connectivity index (χ2v) is 16.3. The third kappa shape index (κ3) is 10.8. The van der Waals surface area contributed by atoms with Crippen LogP contribution in [0.2, 0.25) is 0 Å². The van der Waals surface area contributed by atoms with E-state index in [1.165, 1.54) is 37.1 Å². The van der Waals surface area contributed by atoms with Gasteiger partial charge in [0.05, 0.1) is 19.2 Å². The van der Waals surface area contributed by atoms with Crippen molar-refractivity contribution in [3.63, 3.8) is 0 Å². The molecule has 6 aromatic rings. The van der Waals surface area contributed by atoms with Gasteiger partial charge in [-0.15, -0.1) is 23.1 Å². The zero-order valence-electron chi connectivity index (χ0n) is 33.4. The van der Waals surface area contributed by atoms with E-state index in [4.69, 9.17) is 9.47 Å². The molecule has 5 aromatic carbocycles. The lowest BCUT2D eigenvalue weighted by molar-refractivity contribution is -0.129. The molecule has 0 spiro atoms. The zero-order valence-corrected chi connectivity index (χ0v) is 35.0. The summed E-state index contributed by atoms with van der Waals surface area (Å²) < 4.78 is 11.1. The monoisotopic (exact) mass is 850 g/mol. The van der Waals surface area contributed by atoms with E-state index in [0.29, 0.717) is 69.7 Å². The molecule has 1 atom stereocenters. The maximum Gasteiger partial charge on any atom is 0.341 e. The second-order valence-electron chi connectivity index (χ2n) is 14.0. The van der Waals surface area contributed by atoms with E-state index >= 15 is 0 Å². The number of rotatable bonds is 14. The van der Waals surface area contributed by atoms with Gasteiger partial charge in [-0.2, -0.15) is 0 Å². The van der Waals surface area contributed by atoms with E-state index in [9.17, 15) is 24.0 Å². The fraction of sp³-hybridized carbons (Fsp3) is 0.146. The van der Waals surface area contributed by atoms with E-state index in [1.807, 2.05) is 66.7 Å². The van der Waals surface area contributed by atoms with Gasteiger partial charge in [-0.25, -0.2) is 4.79 Å². The molecule has 0 bridgehead atoms. The first-order valence-electron chi connectivity index (χ1n) is 19.4. The van der Waals surface area contributed by atoms with Crippen molar-refractivity contribution in [2.75, 3.05) is 24.3 Å². The highest BCUT2D eigenvalue weighted by atomic mass is 32.2. The fourth-order valence-electron chi connectivity index (χ4n) is 6.65. The van der Waals surface area contributed by atoms with E-state index in [-0.39, 0.29) is 17.5 Å². The van der Waals surface area contributed by atoms with Crippen molar-refractivity contribution >= 4 is 69.5 Å². The van der Waals surface area contributed by atoms with Crippen molar-refractivity contribution < 1.29 is 33.4 Å². The van der Waals surface area contributed by atoms with Gasteiger partial charge >= 0.3 is 5.97 Å². The number of thiophene rings is 1. The van der Waals surface area contributed by atoms with Crippen LogP contribution in [0, 0.1) is 0 Å². The Hall–Kier alpha value is -6.96. The smallest absolute Gasteiger partial charge is 0.341 e. The van der Waals surface area contributed by atoms with Crippen LogP contribution in [0.1, 0.15) is 60.0 Å². The Morgan fingerprint density at radius 1 is 0.820 bits per heavy atom. The number of hydrogen-bond acceptors (Lipinski definition) is 9. The minimum Gasteiger partial charge on any atom is -0.489 e. The van der Waals surface area contributed by atoms with Gasteiger partial charge in [-0.1, -0.05) is 97.1 Å². The molecule has 1 aliphatic rings. The predicted molar refractivity (Wildman–Crippen MR) is 238 cm³/mol. The maximum atomic E-state index is 14.3. The molecule has 1 unspecified atom stereocenters. The molecular formula is C48H42N4O7S2. The predicted octanol–water partition coefficient (Wildman–Crippen LogP) is 8.90. The van der Waals surface area contributed by atoms with E-state index in [2.05, 4.69) is 16.0 Å². The zero-order chi connectivity index (χ0) is 42.7. The van der Waals surface area contributed by atoms with Gasteiger partial charge in [0.25, 0.3) is 11.8 Å². The summed E-state index contributed by atoms with van der Waals surface area (Å²) in [5, 5.41) is 8.30. The summed E-state index contributed by atoms with van der Waals surface area (Å²) in [4.78, 5) is 70.0. The minimum atomic E-state index is -0.772. The highest BCUT2D eigenvalue weighted by Gasteiger charge is 2.32. The number of ether oxygens (including phenoxy) is 2. The number of nitrogens with one attached hydrogen (secondary N) is 3. The van der Waals surface area contributed by atoms with Crippen LogP contribution >= 0.6 is 23.1 Å². The molecule has 0 saturated heterocycles. The van der Waals surface area contributed by atoms with Gasteiger partial charge in [0, 0.05) is 34.5 Å². The Labute approximate surface area is 361 Å². The number of esters is 1. The van der Waals surface area contributed by atoms with E-state index < -0.39 is 23.0 Å². The normalized spacial score (nSPS) is 12.7. The molecule has 0 saturated carbocycles. The Morgan fingerprint density at radius 2 is 1.51 bits per heavy atom. The molecule has 0 aliphatic carbocycles. The lowest BCUT2D eigenvalue weighted by atomic mass is 10.0. The molecule has 7 rings (SSSR count). The molecule has 2 heterocycles. The van der Waals surface area contributed by atoms with Crippen LogP contribution < -0.4 is 20.7 Å². The van der Waals surface area contributed by atoms with Crippen LogP contribution in [0.15, 0.2) is 150 Å². The molecule has 0 fully saturated rings. The third-order valence-electron chi connectivity index (χ3n) is 9.78. The molecular weight excluding hydrogens is 809 g/mol. The average Bonchev–Trinajstić information content (AvgIpc) is 3.65. The number of anilines is 2. The third-order valence-corrected chi connectivity index (χ3v) is 12.2. The number of carbonyl (C=O) groups is 5. The van der Waals surface area contributed by atoms with Crippen molar-refractivity contribution in [1.29, 1.82) is 0 Å². The van der Waals surface area contributed by atoms with Crippen molar-refractivity contribution in [2.45, 2.75) is 36.6 Å². The van der Waals surface area contributed by atoms with Crippen LogP contribution in [0.25, 0.3) is 6.08 Å². The first-order chi connectivity index (χ1) is 29.6. The maximum absolute atomic E-state index is 14.3. The molecule has 4 amide bonds. The average molecular weight is 851 g/mol. The second kappa shape index (κ2) is 19.9. The number of carbonyl (C=O) groups excluding carboxylic acids is 5. The Morgan fingerprint density at radius 3 is 2.20 bits per heavy atom. The number of hydrogen-bond donors (Lipinski definition) is 3. The standard InChI is InChI=1S/C48H42N4O7S2/c1-31(53)52-26-25-39-41(29-52)61-47(42(39)48(57)58-2)51-46(56)43(34-15-8-4-9-16-34)60-38-20-12-19-36(28-38)49-45(55)40(50-44(54)35-17-10-5-11-18-35)27-32-21-23-37(24-22-32)59-30-33-13-6-3-7-14-33/h3-24,27-28,43H,25-26,29-30H2,1-2H3,(H,49,55)(H,50,54)(H,51,56)/b40-27-. The Kier molecular flexibility index (Phi) is 13.7. The topological polar surface area (TPSA) is 143 Å². The fourth-order valence-corrected chi connectivity index (χ4v) is 8.99. The van der Waals surface area contributed by atoms with Gasteiger partial charge in [-0.05, 0) is 77.2 Å². The first-order valence-corrected chi connectivity index (χ1v) is 21.1. The van der Waals surface area contributed by atoms with Crippen LogP contribution in [0.4, 0.5) is 10.7 Å². The van der Waals surface area contributed by atoms with Crippen LogP contribution in [-0.4, -0.2) is 48.2 Å². The summed E-state index contributed by atoms with van der Waals surface area (Å²) in [5.74, 6) is -1.37. The summed E-state index contributed by atoms with van der Waals surface area (Å²) in [7, 11) is 1.30. The van der Waals surface area contributed by atoms with E-state index in [0.717, 1.165) is 16.0 Å². The number of fused-ring (bicyclic) bond motifs is 1. The summed E-state index contributed by atoms with van der Waals surface area (Å²) >= 11 is 2.53. The molecule has 1 aliphatic heterocycles. The molecule has 1 aromatic heterocycles. The number of amides is 4. The minimum absolute atomic E-state index is 0.0119. The van der Waals surface area contributed by atoms with Crippen LogP contribution in [-0.2, 0) is 38.7 Å². The number of benzene rings is 5. The lowest BCUT2D eigenvalue weighted by Gasteiger charge is -2.25. The molecule has 0 radical (unpaired) electrons. The van der Waals surface area contributed by atoms with Gasteiger partial charge < -0.3 is 30.3 Å². The number of thioether (sulfide) groups is 1. The van der Waals surface area contributed by atoms with Gasteiger partial charge in [-0.3, -0.25) is 19.2 Å². The summed E-state index contributed by atoms with van der Waals surface area (Å²) in [6, 6.07) is 41.9. The van der Waals surface area contributed by atoms with Crippen LogP contribution in [0.3, 0.4) is 0 Å². The SMILES string of the molecule is COC(=O)c1c(NC(=O)C(Sc2cccc(NC(=O)/C(=C/c3ccc(OCc4ccccc4)cc3)NC(=O)c3ccccc3)c2)c2ccccc2)sc2c1CCN(C(C)=O)C2. The highest BCUT2D eigenvalue weighted by molar-refractivity contribution is 8.00.